The van der Waals surface area contributed by atoms with Gasteiger partial charge >= 0.3 is 0 Å². The van der Waals surface area contributed by atoms with Crippen molar-refractivity contribution in [3.05, 3.63) is 41.4 Å². The normalized spacial score (nSPS) is 12.4. The molecular formula is C16H11ClN2O4. The maximum absolute atomic E-state index is 6.04. The van der Waals surface area contributed by atoms with Crippen molar-refractivity contribution in [2.75, 3.05) is 13.9 Å². The molecule has 4 rings (SSSR count). The summed E-state index contributed by atoms with van der Waals surface area (Å²) in [5.74, 6) is 2.67. The number of hydrogen-bond donors (Lipinski definition) is 0. The molecule has 0 saturated heterocycles. The summed E-state index contributed by atoms with van der Waals surface area (Å²) >= 11 is 6.04. The third kappa shape index (κ3) is 2.47. The Balaban J connectivity index is 1.74. The molecule has 2 aromatic carbocycles. The van der Waals surface area contributed by atoms with Crippen LogP contribution in [0.15, 0.2) is 40.8 Å². The van der Waals surface area contributed by atoms with Crippen LogP contribution in [0, 0.1) is 0 Å². The molecule has 6 nitrogen and oxygen atoms in total. The van der Waals surface area contributed by atoms with E-state index < -0.39 is 0 Å². The molecule has 0 aliphatic carbocycles. The van der Waals surface area contributed by atoms with Gasteiger partial charge in [0.05, 0.1) is 12.7 Å². The van der Waals surface area contributed by atoms with Crippen LogP contribution in [0.25, 0.3) is 22.9 Å². The van der Waals surface area contributed by atoms with Crippen molar-refractivity contribution >= 4 is 11.6 Å². The number of rotatable bonds is 3. The molecule has 2 heterocycles. The first-order valence-electron chi connectivity index (χ1n) is 6.82. The molecule has 23 heavy (non-hydrogen) atoms. The van der Waals surface area contributed by atoms with Gasteiger partial charge in [-0.3, -0.25) is 0 Å². The van der Waals surface area contributed by atoms with Gasteiger partial charge in [-0.25, -0.2) is 0 Å². The molecule has 0 spiro atoms. The maximum atomic E-state index is 6.04. The van der Waals surface area contributed by atoms with E-state index in [1.54, 1.807) is 31.4 Å². The van der Waals surface area contributed by atoms with E-state index >= 15 is 0 Å². The zero-order chi connectivity index (χ0) is 15.8. The Labute approximate surface area is 136 Å². The lowest BCUT2D eigenvalue weighted by Gasteiger charge is -2.04. The third-order valence-electron chi connectivity index (χ3n) is 3.44. The van der Waals surface area contributed by atoms with Crippen molar-refractivity contribution in [3.8, 4) is 40.2 Å². The number of aromatic nitrogens is 2. The molecule has 3 aromatic rings. The summed E-state index contributed by atoms with van der Waals surface area (Å²) in [7, 11) is 1.57. The van der Waals surface area contributed by atoms with E-state index in [4.69, 9.17) is 30.2 Å². The summed E-state index contributed by atoms with van der Waals surface area (Å²) in [5, 5.41) is 8.72. The highest BCUT2D eigenvalue weighted by molar-refractivity contribution is 6.30. The topological polar surface area (TPSA) is 66.6 Å². The van der Waals surface area contributed by atoms with E-state index in [1.807, 2.05) is 12.1 Å². The second kappa shape index (κ2) is 5.48. The summed E-state index contributed by atoms with van der Waals surface area (Å²) in [4.78, 5) is 0. The molecule has 0 atom stereocenters. The van der Waals surface area contributed by atoms with Gasteiger partial charge in [-0.1, -0.05) is 11.6 Å². The molecule has 0 N–H and O–H groups in total. The standard InChI is InChI=1S/C16H11ClN2O4/c1-20-12-5-3-10(17)7-11(12)16-19-18-15(23-16)9-2-4-13-14(6-9)22-8-21-13/h2-7H,8H2,1H3. The molecule has 1 aliphatic heterocycles. The average molecular weight is 331 g/mol. The molecule has 0 unspecified atom stereocenters. The van der Waals surface area contributed by atoms with E-state index in [9.17, 15) is 0 Å². The lowest BCUT2D eigenvalue weighted by molar-refractivity contribution is 0.174. The third-order valence-corrected chi connectivity index (χ3v) is 3.67. The van der Waals surface area contributed by atoms with Crippen molar-refractivity contribution in [1.82, 2.24) is 10.2 Å². The second-order valence-corrected chi connectivity index (χ2v) is 5.26. The number of ether oxygens (including phenoxy) is 3. The van der Waals surface area contributed by atoms with Gasteiger partial charge in [0, 0.05) is 10.6 Å². The van der Waals surface area contributed by atoms with Gasteiger partial charge in [0.25, 0.3) is 5.89 Å². The number of halogens is 1. The largest absolute Gasteiger partial charge is 0.496 e. The van der Waals surface area contributed by atoms with E-state index in [1.165, 1.54) is 0 Å². The van der Waals surface area contributed by atoms with E-state index in [0.29, 0.717) is 39.6 Å². The van der Waals surface area contributed by atoms with E-state index in [-0.39, 0.29) is 6.79 Å². The Morgan fingerprint density at radius 1 is 1.00 bits per heavy atom. The minimum Gasteiger partial charge on any atom is -0.496 e. The Morgan fingerprint density at radius 2 is 1.83 bits per heavy atom. The second-order valence-electron chi connectivity index (χ2n) is 4.83. The van der Waals surface area contributed by atoms with Gasteiger partial charge < -0.3 is 18.6 Å². The molecular weight excluding hydrogens is 320 g/mol. The van der Waals surface area contributed by atoms with Crippen molar-refractivity contribution in [2.24, 2.45) is 0 Å². The molecule has 0 bridgehead atoms. The predicted molar refractivity (Wildman–Crippen MR) is 82.9 cm³/mol. The van der Waals surface area contributed by atoms with Crippen molar-refractivity contribution < 1.29 is 18.6 Å². The SMILES string of the molecule is COc1ccc(Cl)cc1-c1nnc(-c2ccc3c(c2)OCO3)o1. The van der Waals surface area contributed by atoms with Crippen LogP contribution in [-0.2, 0) is 0 Å². The number of methoxy groups -OCH3 is 1. The Bertz CT molecular complexity index is 878. The highest BCUT2D eigenvalue weighted by Crippen LogP contribution is 2.37. The van der Waals surface area contributed by atoms with Crippen molar-refractivity contribution in [1.29, 1.82) is 0 Å². The van der Waals surface area contributed by atoms with Crippen LogP contribution in [0.3, 0.4) is 0 Å². The summed E-state index contributed by atoms with van der Waals surface area (Å²) < 4.78 is 21.7. The number of fused-ring (bicyclic) bond motifs is 1. The Kier molecular flexibility index (Phi) is 3.31. The predicted octanol–water partition coefficient (Wildman–Crippen LogP) is 3.79. The molecule has 7 heteroatoms. The van der Waals surface area contributed by atoms with Gasteiger partial charge in [0.1, 0.15) is 5.75 Å². The van der Waals surface area contributed by atoms with E-state index in [2.05, 4.69) is 10.2 Å². The van der Waals surface area contributed by atoms with Gasteiger partial charge in [-0.15, -0.1) is 10.2 Å². The number of nitrogens with zero attached hydrogens (tertiary/aromatic N) is 2. The smallest absolute Gasteiger partial charge is 0.251 e. The molecule has 0 saturated carbocycles. The zero-order valence-electron chi connectivity index (χ0n) is 12.1. The van der Waals surface area contributed by atoms with E-state index in [0.717, 1.165) is 5.56 Å². The quantitative estimate of drug-likeness (QED) is 0.727. The number of benzene rings is 2. The van der Waals surface area contributed by atoms with Gasteiger partial charge in [0.2, 0.25) is 12.7 Å². The van der Waals surface area contributed by atoms with Crippen molar-refractivity contribution in [2.45, 2.75) is 0 Å². The minimum absolute atomic E-state index is 0.216. The first-order valence-corrected chi connectivity index (χ1v) is 7.20. The monoisotopic (exact) mass is 330 g/mol. The molecule has 0 amide bonds. The van der Waals surface area contributed by atoms with Crippen LogP contribution >= 0.6 is 11.6 Å². The van der Waals surface area contributed by atoms with Crippen LogP contribution in [-0.4, -0.2) is 24.1 Å². The Morgan fingerprint density at radius 3 is 2.70 bits per heavy atom. The van der Waals surface area contributed by atoms with Gasteiger partial charge in [0.15, 0.2) is 11.5 Å². The fraction of sp³-hybridized carbons (Fsp3) is 0.125. The summed E-state index contributed by atoms with van der Waals surface area (Å²) in [6.07, 6.45) is 0. The van der Waals surface area contributed by atoms with Crippen LogP contribution in [0.5, 0.6) is 17.2 Å². The molecule has 1 aliphatic rings. The summed E-state index contributed by atoms with van der Waals surface area (Å²) in [6.45, 7) is 0.216. The van der Waals surface area contributed by atoms with Crippen LogP contribution < -0.4 is 14.2 Å². The zero-order valence-corrected chi connectivity index (χ0v) is 12.8. The highest BCUT2D eigenvalue weighted by atomic mass is 35.5. The van der Waals surface area contributed by atoms with Crippen LogP contribution in [0.4, 0.5) is 0 Å². The molecule has 0 fully saturated rings. The number of hydrogen-bond acceptors (Lipinski definition) is 6. The van der Waals surface area contributed by atoms with Gasteiger partial charge in [-0.2, -0.15) is 0 Å². The van der Waals surface area contributed by atoms with Crippen LogP contribution in [0.1, 0.15) is 0 Å². The minimum atomic E-state index is 0.216. The average Bonchev–Trinajstić information content (AvgIpc) is 3.23. The lowest BCUT2D eigenvalue weighted by atomic mass is 10.2. The molecule has 116 valence electrons. The molecule has 1 aromatic heterocycles. The van der Waals surface area contributed by atoms with Gasteiger partial charge in [-0.05, 0) is 36.4 Å². The first-order chi connectivity index (χ1) is 11.2. The fourth-order valence-electron chi connectivity index (χ4n) is 2.33. The van der Waals surface area contributed by atoms with Crippen LogP contribution in [0.2, 0.25) is 5.02 Å². The summed E-state index contributed by atoms with van der Waals surface area (Å²) in [5.41, 5.74) is 1.38. The fourth-order valence-corrected chi connectivity index (χ4v) is 2.50. The summed E-state index contributed by atoms with van der Waals surface area (Å²) in [6, 6.07) is 10.6. The lowest BCUT2D eigenvalue weighted by Crippen LogP contribution is -1.92. The first kappa shape index (κ1) is 13.9. The molecule has 0 radical (unpaired) electrons. The highest BCUT2D eigenvalue weighted by Gasteiger charge is 2.18. The maximum Gasteiger partial charge on any atom is 0.251 e. The van der Waals surface area contributed by atoms with Crippen molar-refractivity contribution in [3.63, 3.8) is 0 Å². The Hall–Kier alpha value is -2.73.